The maximum atomic E-state index is 12.7. The summed E-state index contributed by atoms with van der Waals surface area (Å²) >= 11 is 0. The lowest BCUT2D eigenvalue weighted by molar-refractivity contribution is -0.132. The lowest BCUT2D eigenvalue weighted by Gasteiger charge is -2.37. The Morgan fingerprint density at radius 1 is 0.960 bits per heavy atom. The average Bonchev–Trinajstić information content (AvgIpc) is 2.68. The van der Waals surface area contributed by atoms with Gasteiger partial charge >= 0.3 is 0 Å². The Balaban J connectivity index is 1.51. The van der Waals surface area contributed by atoms with E-state index < -0.39 is 0 Å². The Morgan fingerprint density at radius 2 is 1.52 bits per heavy atom. The van der Waals surface area contributed by atoms with Crippen LogP contribution in [0, 0.1) is 0 Å². The van der Waals surface area contributed by atoms with E-state index in [4.69, 9.17) is 0 Å². The molecule has 1 atom stereocenters. The van der Waals surface area contributed by atoms with E-state index in [1.165, 1.54) is 11.3 Å². The number of likely N-dealkylation sites (N-methyl/N-ethyl adjacent to an activating group) is 1. The summed E-state index contributed by atoms with van der Waals surface area (Å²) in [5.41, 5.74) is 2.48. The van der Waals surface area contributed by atoms with Crippen molar-refractivity contribution >= 4 is 11.6 Å². The summed E-state index contributed by atoms with van der Waals surface area (Å²) < 4.78 is 0. The van der Waals surface area contributed by atoms with Gasteiger partial charge in [0.25, 0.3) is 0 Å². The number of anilines is 1. The topological polar surface area (TPSA) is 26.8 Å². The third-order valence-electron chi connectivity index (χ3n) is 5.08. The van der Waals surface area contributed by atoms with E-state index in [0.29, 0.717) is 6.54 Å². The van der Waals surface area contributed by atoms with Crippen molar-refractivity contribution in [1.29, 1.82) is 0 Å². The molecule has 1 heterocycles. The number of rotatable bonds is 5. The van der Waals surface area contributed by atoms with Crippen LogP contribution in [0.1, 0.15) is 18.5 Å². The smallest absolute Gasteiger partial charge is 0.236 e. The molecule has 4 nitrogen and oxygen atoms in total. The highest BCUT2D eigenvalue weighted by Gasteiger charge is 2.23. The lowest BCUT2D eigenvalue weighted by Crippen LogP contribution is -2.51. The molecule has 4 heteroatoms. The number of carbonyl (C=O) groups excluding carboxylic acids is 1. The van der Waals surface area contributed by atoms with Gasteiger partial charge in [-0.2, -0.15) is 0 Å². The van der Waals surface area contributed by atoms with Crippen LogP contribution in [-0.4, -0.2) is 55.5 Å². The number of carbonyl (C=O) groups is 1. The highest BCUT2D eigenvalue weighted by molar-refractivity contribution is 5.78. The van der Waals surface area contributed by atoms with Gasteiger partial charge in [-0.25, -0.2) is 0 Å². The molecule has 1 amide bonds. The predicted molar refractivity (Wildman–Crippen MR) is 103 cm³/mol. The van der Waals surface area contributed by atoms with E-state index in [9.17, 15) is 4.79 Å². The SMILES string of the molecule is CC(c1ccccc1)N(C)CC(=O)N1CCN(c2ccccc2)CC1. The zero-order valence-electron chi connectivity index (χ0n) is 15.1. The zero-order chi connectivity index (χ0) is 17.6. The number of nitrogens with zero attached hydrogens (tertiary/aromatic N) is 3. The first-order chi connectivity index (χ1) is 12.1. The van der Waals surface area contributed by atoms with Crippen LogP contribution in [0.15, 0.2) is 60.7 Å². The highest BCUT2D eigenvalue weighted by atomic mass is 16.2. The summed E-state index contributed by atoms with van der Waals surface area (Å²) in [7, 11) is 2.02. The second-order valence-corrected chi connectivity index (χ2v) is 6.71. The molecule has 0 spiro atoms. The molecule has 2 aromatic rings. The summed E-state index contributed by atoms with van der Waals surface area (Å²) in [5.74, 6) is 0.220. The van der Waals surface area contributed by atoms with Crippen LogP contribution < -0.4 is 4.90 Å². The maximum Gasteiger partial charge on any atom is 0.236 e. The van der Waals surface area contributed by atoms with Gasteiger partial charge in [0.05, 0.1) is 6.54 Å². The molecule has 1 aliphatic heterocycles. The Hall–Kier alpha value is -2.33. The van der Waals surface area contributed by atoms with Gasteiger partial charge in [0.1, 0.15) is 0 Å². The normalized spacial score (nSPS) is 16.1. The summed E-state index contributed by atoms with van der Waals surface area (Å²) in [4.78, 5) is 19.1. The standard InChI is InChI=1S/C21H27N3O/c1-18(19-9-5-3-6-10-19)22(2)17-21(25)24-15-13-23(14-16-24)20-11-7-4-8-12-20/h3-12,18H,13-17H2,1-2H3. The largest absolute Gasteiger partial charge is 0.368 e. The van der Waals surface area contributed by atoms with Gasteiger partial charge in [0.2, 0.25) is 5.91 Å². The highest BCUT2D eigenvalue weighted by Crippen LogP contribution is 2.19. The number of hydrogen-bond acceptors (Lipinski definition) is 3. The summed E-state index contributed by atoms with van der Waals surface area (Å²) in [6.07, 6.45) is 0. The van der Waals surface area contributed by atoms with Crippen molar-refractivity contribution in [1.82, 2.24) is 9.80 Å². The first-order valence-electron chi connectivity index (χ1n) is 8.98. The molecule has 25 heavy (non-hydrogen) atoms. The summed E-state index contributed by atoms with van der Waals surface area (Å²) in [6.45, 7) is 5.99. The van der Waals surface area contributed by atoms with E-state index in [0.717, 1.165) is 26.2 Å². The van der Waals surface area contributed by atoms with Crippen molar-refractivity contribution < 1.29 is 4.79 Å². The number of amides is 1. The fraction of sp³-hybridized carbons (Fsp3) is 0.381. The van der Waals surface area contributed by atoms with Crippen LogP contribution in [0.3, 0.4) is 0 Å². The van der Waals surface area contributed by atoms with Gasteiger partial charge in [-0.05, 0) is 31.7 Å². The number of benzene rings is 2. The fourth-order valence-corrected chi connectivity index (χ4v) is 3.29. The minimum atomic E-state index is 0.220. The molecule has 0 N–H and O–H groups in total. The Bertz CT molecular complexity index is 666. The van der Waals surface area contributed by atoms with Gasteiger partial charge in [0, 0.05) is 37.9 Å². The van der Waals surface area contributed by atoms with Gasteiger partial charge < -0.3 is 9.80 Å². The van der Waals surface area contributed by atoms with Crippen LogP contribution in [-0.2, 0) is 4.79 Å². The lowest BCUT2D eigenvalue weighted by atomic mass is 10.1. The van der Waals surface area contributed by atoms with Crippen LogP contribution >= 0.6 is 0 Å². The van der Waals surface area contributed by atoms with Crippen LogP contribution in [0.2, 0.25) is 0 Å². The van der Waals surface area contributed by atoms with Crippen molar-refractivity contribution in [2.24, 2.45) is 0 Å². The predicted octanol–water partition coefficient (Wildman–Crippen LogP) is 3.03. The molecular formula is C21H27N3O. The number of piperazine rings is 1. The molecular weight excluding hydrogens is 310 g/mol. The van der Waals surface area contributed by atoms with Gasteiger partial charge in [-0.1, -0.05) is 48.5 Å². The molecule has 1 saturated heterocycles. The third-order valence-corrected chi connectivity index (χ3v) is 5.08. The quantitative estimate of drug-likeness (QED) is 0.839. The second kappa shape index (κ2) is 8.17. The molecule has 3 rings (SSSR count). The molecule has 2 aromatic carbocycles. The van der Waals surface area contributed by atoms with Crippen molar-refractivity contribution in [3.8, 4) is 0 Å². The molecule has 0 radical (unpaired) electrons. The van der Waals surface area contributed by atoms with Crippen molar-refractivity contribution in [3.63, 3.8) is 0 Å². The zero-order valence-corrected chi connectivity index (χ0v) is 15.1. The maximum absolute atomic E-state index is 12.7. The van der Waals surface area contributed by atoms with Crippen molar-refractivity contribution in [2.45, 2.75) is 13.0 Å². The average molecular weight is 337 g/mol. The molecule has 0 bridgehead atoms. The van der Waals surface area contributed by atoms with Crippen LogP contribution in [0.25, 0.3) is 0 Å². The molecule has 0 aliphatic carbocycles. The number of para-hydroxylation sites is 1. The van der Waals surface area contributed by atoms with E-state index in [2.05, 4.69) is 53.1 Å². The molecule has 0 aromatic heterocycles. The van der Waals surface area contributed by atoms with Crippen LogP contribution in [0.4, 0.5) is 5.69 Å². The monoisotopic (exact) mass is 337 g/mol. The molecule has 1 aliphatic rings. The summed E-state index contributed by atoms with van der Waals surface area (Å²) in [6, 6.07) is 21.0. The Labute approximate surface area is 150 Å². The minimum Gasteiger partial charge on any atom is -0.368 e. The van der Waals surface area contributed by atoms with Gasteiger partial charge in [-0.15, -0.1) is 0 Å². The second-order valence-electron chi connectivity index (χ2n) is 6.71. The van der Waals surface area contributed by atoms with Gasteiger partial charge in [0.15, 0.2) is 0 Å². The fourth-order valence-electron chi connectivity index (χ4n) is 3.29. The molecule has 1 fully saturated rings. The summed E-state index contributed by atoms with van der Waals surface area (Å²) in [5, 5.41) is 0. The van der Waals surface area contributed by atoms with Crippen molar-refractivity contribution in [3.05, 3.63) is 66.2 Å². The first-order valence-corrected chi connectivity index (χ1v) is 8.98. The van der Waals surface area contributed by atoms with Crippen molar-refractivity contribution in [2.75, 3.05) is 44.7 Å². The minimum absolute atomic E-state index is 0.220. The first kappa shape index (κ1) is 17.5. The van der Waals surface area contributed by atoms with E-state index >= 15 is 0 Å². The Morgan fingerprint density at radius 3 is 2.12 bits per heavy atom. The number of hydrogen-bond donors (Lipinski definition) is 0. The molecule has 132 valence electrons. The van der Waals surface area contributed by atoms with E-state index in [1.807, 2.05) is 36.2 Å². The molecule has 1 unspecified atom stereocenters. The van der Waals surface area contributed by atoms with E-state index in [-0.39, 0.29) is 11.9 Å². The van der Waals surface area contributed by atoms with Gasteiger partial charge in [-0.3, -0.25) is 9.69 Å². The van der Waals surface area contributed by atoms with Crippen LogP contribution in [0.5, 0.6) is 0 Å². The van der Waals surface area contributed by atoms with E-state index in [1.54, 1.807) is 0 Å². The Kier molecular flexibility index (Phi) is 5.71. The third kappa shape index (κ3) is 4.40. The molecule has 0 saturated carbocycles.